The molecule has 2 amide bonds. The van der Waals surface area contributed by atoms with Gasteiger partial charge in [0.25, 0.3) is 0 Å². The zero-order valence-corrected chi connectivity index (χ0v) is 13.0. The third-order valence-corrected chi connectivity index (χ3v) is 7.25. The van der Waals surface area contributed by atoms with Gasteiger partial charge in [-0.1, -0.05) is 11.3 Å². The highest BCUT2D eigenvalue weighted by molar-refractivity contribution is 7.91. The van der Waals surface area contributed by atoms with Crippen LogP contribution in [-0.2, 0) is 9.84 Å². The number of anilines is 1. The van der Waals surface area contributed by atoms with Crippen LogP contribution in [0, 0.1) is 11.8 Å². The molecule has 2 aliphatic heterocycles. The normalized spacial score (nSPS) is 30.4. The molecule has 114 valence electrons. The highest BCUT2D eigenvalue weighted by Crippen LogP contribution is 2.42. The summed E-state index contributed by atoms with van der Waals surface area (Å²) in [5.41, 5.74) is 0. The lowest BCUT2D eigenvalue weighted by molar-refractivity contribution is 0.220. The van der Waals surface area contributed by atoms with Crippen molar-refractivity contribution in [1.29, 1.82) is 0 Å². The van der Waals surface area contributed by atoms with E-state index in [1.165, 1.54) is 11.3 Å². The topological polar surface area (TPSA) is 92.3 Å². The number of hydrogen-bond donors (Lipinski definition) is 1. The van der Waals surface area contributed by atoms with Gasteiger partial charge in [-0.2, -0.15) is 0 Å². The molecule has 0 spiro atoms. The lowest BCUT2D eigenvalue weighted by Gasteiger charge is -2.16. The summed E-state index contributed by atoms with van der Waals surface area (Å²) in [6.07, 6.45) is 2.32. The third kappa shape index (κ3) is 2.64. The highest BCUT2D eigenvalue weighted by Gasteiger charge is 2.45. The molecule has 21 heavy (non-hydrogen) atoms. The number of rotatable bonds is 2. The molecule has 3 fully saturated rings. The summed E-state index contributed by atoms with van der Waals surface area (Å²) >= 11 is 1.43. The second-order valence-corrected chi connectivity index (χ2v) is 9.31. The van der Waals surface area contributed by atoms with E-state index < -0.39 is 9.84 Å². The Morgan fingerprint density at radius 2 is 1.86 bits per heavy atom. The predicted octanol–water partition coefficient (Wildman–Crippen LogP) is 0.924. The second-order valence-electron chi connectivity index (χ2n) is 6.15. The lowest BCUT2D eigenvalue weighted by atomic mass is 10.0. The van der Waals surface area contributed by atoms with Crippen molar-refractivity contribution in [3.63, 3.8) is 0 Å². The average Bonchev–Trinajstić information content (AvgIpc) is 2.92. The molecule has 0 unspecified atom stereocenters. The first kappa shape index (κ1) is 13.4. The fourth-order valence-electron chi connectivity index (χ4n) is 3.15. The third-order valence-electron chi connectivity index (χ3n) is 4.38. The summed E-state index contributed by atoms with van der Waals surface area (Å²) in [4.78, 5) is 13.9. The molecule has 0 bridgehead atoms. The van der Waals surface area contributed by atoms with Crippen LogP contribution in [0.15, 0.2) is 0 Å². The number of urea groups is 1. The fourth-order valence-corrected chi connectivity index (χ4v) is 6.25. The van der Waals surface area contributed by atoms with Crippen LogP contribution in [0.4, 0.5) is 9.93 Å². The van der Waals surface area contributed by atoms with Gasteiger partial charge in [0.2, 0.25) is 5.13 Å². The van der Waals surface area contributed by atoms with Crippen molar-refractivity contribution < 1.29 is 13.2 Å². The first-order valence-corrected chi connectivity index (χ1v) is 9.74. The lowest BCUT2D eigenvalue weighted by Crippen LogP contribution is -2.34. The van der Waals surface area contributed by atoms with Gasteiger partial charge in [0, 0.05) is 19.0 Å². The second kappa shape index (κ2) is 4.64. The number of fused-ring (bicyclic) bond motifs is 1. The molecule has 9 heteroatoms. The Morgan fingerprint density at radius 3 is 2.48 bits per heavy atom. The predicted molar refractivity (Wildman–Crippen MR) is 78.1 cm³/mol. The first-order chi connectivity index (χ1) is 10.00. The Balaban J connectivity index is 1.38. The standard InChI is InChI=1S/C12H16N4O3S2/c17-12(13-11-15-14-10(20-11)7-1-2-7)16-3-8-5-21(18,19)6-9(8)4-16/h7-9H,1-6H2,(H,13,15,17)/t8-,9+. The minimum Gasteiger partial charge on any atom is -0.324 e. The maximum Gasteiger partial charge on any atom is 0.323 e. The van der Waals surface area contributed by atoms with Crippen molar-refractivity contribution in [2.45, 2.75) is 18.8 Å². The van der Waals surface area contributed by atoms with Gasteiger partial charge in [0.15, 0.2) is 9.84 Å². The average molecular weight is 328 g/mol. The summed E-state index contributed by atoms with van der Waals surface area (Å²) < 4.78 is 23.1. The van der Waals surface area contributed by atoms with E-state index in [0.717, 1.165) is 17.8 Å². The number of amides is 2. The SMILES string of the molecule is O=C(Nc1nnc(C2CC2)s1)N1C[C@@H]2CS(=O)(=O)C[C@@H]2C1. The zero-order valence-electron chi connectivity index (χ0n) is 11.4. The molecular weight excluding hydrogens is 312 g/mol. The van der Waals surface area contributed by atoms with Gasteiger partial charge < -0.3 is 4.90 Å². The Bertz CT molecular complexity index is 662. The van der Waals surface area contributed by atoms with Gasteiger partial charge in [0.1, 0.15) is 5.01 Å². The first-order valence-electron chi connectivity index (χ1n) is 7.10. The van der Waals surface area contributed by atoms with Crippen LogP contribution in [-0.4, -0.2) is 54.1 Å². The van der Waals surface area contributed by atoms with Crippen LogP contribution < -0.4 is 5.32 Å². The Morgan fingerprint density at radius 1 is 1.19 bits per heavy atom. The Hall–Kier alpha value is -1.22. The van der Waals surface area contributed by atoms with E-state index in [1.807, 2.05) is 0 Å². The van der Waals surface area contributed by atoms with Crippen molar-refractivity contribution in [2.24, 2.45) is 11.8 Å². The van der Waals surface area contributed by atoms with Crippen LogP contribution in [0.2, 0.25) is 0 Å². The number of carbonyl (C=O) groups is 1. The van der Waals surface area contributed by atoms with Crippen LogP contribution in [0.5, 0.6) is 0 Å². The number of aromatic nitrogens is 2. The molecule has 4 rings (SSSR count). The van der Waals surface area contributed by atoms with Gasteiger partial charge >= 0.3 is 6.03 Å². The molecule has 7 nitrogen and oxygen atoms in total. The van der Waals surface area contributed by atoms with E-state index in [1.54, 1.807) is 4.90 Å². The summed E-state index contributed by atoms with van der Waals surface area (Å²) in [6.45, 7) is 1.04. The van der Waals surface area contributed by atoms with E-state index in [0.29, 0.717) is 24.1 Å². The number of likely N-dealkylation sites (tertiary alicyclic amines) is 1. The zero-order chi connectivity index (χ0) is 14.6. The monoisotopic (exact) mass is 328 g/mol. The summed E-state index contributed by atoms with van der Waals surface area (Å²) in [5.74, 6) is 1.15. The van der Waals surface area contributed by atoms with E-state index in [9.17, 15) is 13.2 Å². The number of sulfone groups is 1. The molecule has 1 N–H and O–H groups in total. The summed E-state index contributed by atoms with van der Waals surface area (Å²) in [6, 6.07) is -0.194. The number of hydrogen-bond acceptors (Lipinski definition) is 6. The number of nitrogens with one attached hydrogen (secondary N) is 1. The van der Waals surface area contributed by atoms with Gasteiger partial charge in [-0.3, -0.25) is 5.32 Å². The molecule has 1 aromatic rings. The molecule has 2 atom stereocenters. The molecule has 3 aliphatic rings. The highest BCUT2D eigenvalue weighted by atomic mass is 32.2. The van der Waals surface area contributed by atoms with Crippen molar-refractivity contribution in [3.05, 3.63) is 5.01 Å². The molecule has 1 aliphatic carbocycles. The van der Waals surface area contributed by atoms with Crippen molar-refractivity contribution in [3.8, 4) is 0 Å². The van der Waals surface area contributed by atoms with Crippen molar-refractivity contribution >= 4 is 32.3 Å². The Kier molecular flexibility index (Phi) is 2.97. The largest absolute Gasteiger partial charge is 0.324 e. The van der Waals surface area contributed by atoms with E-state index in [-0.39, 0.29) is 29.4 Å². The molecule has 1 aromatic heterocycles. The quantitative estimate of drug-likeness (QED) is 0.871. The Labute approximate surface area is 126 Å². The molecule has 0 aromatic carbocycles. The number of nitrogens with zero attached hydrogens (tertiary/aromatic N) is 3. The maximum absolute atomic E-state index is 12.2. The van der Waals surface area contributed by atoms with Crippen molar-refractivity contribution in [2.75, 3.05) is 29.9 Å². The van der Waals surface area contributed by atoms with Crippen molar-refractivity contribution in [1.82, 2.24) is 15.1 Å². The smallest absolute Gasteiger partial charge is 0.323 e. The van der Waals surface area contributed by atoms with E-state index >= 15 is 0 Å². The van der Waals surface area contributed by atoms with E-state index in [4.69, 9.17) is 0 Å². The van der Waals surface area contributed by atoms with Gasteiger partial charge in [-0.05, 0) is 24.7 Å². The molecule has 2 saturated heterocycles. The molecule has 1 saturated carbocycles. The van der Waals surface area contributed by atoms with Crippen LogP contribution in [0.1, 0.15) is 23.8 Å². The van der Waals surface area contributed by atoms with Gasteiger partial charge in [-0.15, -0.1) is 10.2 Å². The van der Waals surface area contributed by atoms with E-state index in [2.05, 4.69) is 15.5 Å². The molecule has 3 heterocycles. The van der Waals surface area contributed by atoms with Gasteiger partial charge in [-0.25, -0.2) is 13.2 Å². The summed E-state index contributed by atoms with van der Waals surface area (Å²) in [5, 5.41) is 12.4. The van der Waals surface area contributed by atoms with Gasteiger partial charge in [0.05, 0.1) is 11.5 Å². The minimum absolute atomic E-state index is 0.0946. The maximum atomic E-state index is 12.2. The minimum atomic E-state index is -2.89. The van der Waals surface area contributed by atoms with Crippen LogP contribution in [0.3, 0.4) is 0 Å². The number of carbonyl (C=O) groups excluding carboxylic acids is 1. The van der Waals surface area contributed by atoms with Crippen LogP contribution >= 0.6 is 11.3 Å². The van der Waals surface area contributed by atoms with Crippen LogP contribution in [0.25, 0.3) is 0 Å². The fraction of sp³-hybridized carbons (Fsp3) is 0.750. The summed E-state index contributed by atoms with van der Waals surface area (Å²) in [7, 11) is -2.89. The molecular formula is C12H16N4O3S2. The molecule has 0 radical (unpaired) electrons.